The number of aliphatic hydroxyl groups excluding tert-OH is 1. The van der Waals surface area contributed by atoms with E-state index >= 15 is 0 Å². The fourth-order valence-corrected chi connectivity index (χ4v) is 3.42. The van der Waals surface area contributed by atoms with Crippen molar-refractivity contribution in [2.45, 2.75) is 68.9 Å². The number of phenolic OH excluding ortho intramolecular Hbond substituents is 1. The Bertz CT molecular complexity index is 514. The Labute approximate surface area is 194 Å². The maximum absolute atomic E-state index is 9.24. The van der Waals surface area contributed by atoms with Gasteiger partial charge in [-0.25, -0.2) is 0 Å². The van der Waals surface area contributed by atoms with Crippen LogP contribution in [0.25, 0.3) is 5.70 Å². The van der Waals surface area contributed by atoms with E-state index in [9.17, 15) is 5.11 Å². The zero-order valence-electron chi connectivity index (χ0n) is 17.6. The van der Waals surface area contributed by atoms with Gasteiger partial charge in [0, 0.05) is 18.7 Å². The molecule has 3 N–H and O–H groups in total. The Morgan fingerprint density at radius 2 is 1.82 bits per heavy atom. The van der Waals surface area contributed by atoms with Gasteiger partial charge in [0.1, 0.15) is 5.75 Å². The molecule has 1 aromatic rings. The summed E-state index contributed by atoms with van der Waals surface area (Å²) in [7, 11) is 0. The van der Waals surface area contributed by atoms with Crippen LogP contribution in [-0.2, 0) is 0 Å². The van der Waals surface area contributed by atoms with Crippen LogP contribution in [0.2, 0.25) is 3.98 Å². The van der Waals surface area contributed by atoms with Gasteiger partial charge in [0.2, 0.25) is 0 Å². The molecule has 3 nitrogen and oxygen atoms in total. The van der Waals surface area contributed by atoms with Gasteiger partial charge in [-0.3, -0.25) is 0 Å². The first-order chi connectivity index (χ1) is 13.5. The average molecular weight is 600 g/mol. The molecule has 0 heterocycles. The van der Waals surface area contributed by atoms with Crippen molar-refractivity contribution < 1.29 is 10.2 Å². The van der Waals surface area contributed by atoms with E-state index in [1.165, 1.54) is 42.6 Å². The van der Waals surface area contributed by atoms with Gasteiger partial charge < -0.3 is 10.4 Å². The third kappa shape index (κ3) is 18.7. The fourth-order valence-electron chi connectivity index (χ4n) is 2.15. The second kappa shape index (κ2) is 22.6. The number of aromatic hydroxyl groups is 1. The molecule has 0 aliphatic rings. The fraction of sp³-hybridized carbons (Fsp3) is 0.565. The van der Waals surface area contributed by atoms with E-state index in [0.29, 0.717) is 0 Å². The van der Waals surface area contributed by atoms with Gasteiger partial charge in [-0.15, -0.1) is 12.3 Å². The molecule has 0 spiro atoms. The normalized spacial score (nSPS) is 10.4. The summed E-state index contributed by atoms with van der Waals surface area (Å²) in [5.74, 6) is 3.69. The Balaban J connectivity index is 0. The molecule has 1 unspecified atom stereocenters. The van der Waals surface area contributed by atoms with Crippen LogP contribution in [0.15, 0.2) is 30.8 Å². The SMILES string of the molecule is C#CCCCCNC(=C)c1ccc(O)cc1.CC.OC(CCS)CCC[CH2][Pb]. The van der Waals surface area contributed by atoms with Crippen LogP contribution < -0.4 is 5.32 Å². The molecule has 0 amide bonds. The molecule has 1 rings (SSSR count). The molecule has 0 saturated carbocycles. The number of benzene rings is 1. The predicted molar refractivity (Wildman–Crippen MR) is 128 cm³/mol. The summed E-state index contributed by atoms with van der Waals surface area (Å²) in [6.07, 6.45) is 12.3. The van der Waals surface area contributed by atoms with Gasteiger partial charge in [0.15, 0.2) is 0 Å². The van der Waals surface area contributed by atoms with E-state index in [2.05, 4.69) is 30.4 Å². The first-order valence-electron chi connectivity index (χ1n) is 10.1. The minimum absolute atomic E-state index is 0.0919. The molecule has 1 aromatic carbocycles. The molecule has 0 aliphatic heterocycles. The first kappa shape index (κ1) is 29.6. The van der Waals surface area contributed by atoms with E-state index in [4.69, 9.17) is 11.5 Å². The Morgan fingerprint density at radius 1 is 1.18 bits per heavy atom. The molecule has 3 radical (unpaired) electrons. The molecule has 0 aromatic heterocycles. The number of unbranched alkanes of at least 4 members (excludes halogenated alkanes) is 3. The van der Waals surface area contributed by atoms with Gasteiger partial charge in [-0.2, -0.15) is 0 Å². The number of rotatable bonds is 12. The summed E-state index contributed by atoms with van der Waals surface area (Å²) in [6.45, 7) is 8.82. The van der Waals surface area contributed by atoms with Crippen LogP contribution in [-0.4, -0.2) is 54.4 Å². The molecule has 0 saturated heterocycles. The van der Waals surface area contributed by atoms with Gasteiger partial charge in [0.05, 0.1) is 0 Å². The van der Waals surface area contributed by atoms with Crippen molar-refractivity contribution in [1.82, 2.24) is 5.32 Å². The Kier molecular flexibility index (Phi) is 23.9. The standard InChI is InChI=1S/C14H17NO.C7H15OS.C2H6.Pb/c1-3-4-5-6-11-15-12(2)13-7-9-14(16)10-8-13;1-2-3-4-7(8)5-6-9;1-2;/h1,7-10,15-16H,2,4-6,11H2;7-9H,1-6H2;1-2H3;. The van der Waals surface area contributed by atoms with Crippen LogP contribution in [0.5, 0.6) is 5.75 Å². The summed E-state index contributed by atoms with van der Waals surface area (Å²) in [5, 5.41) is 21.6. The van der Waals surface area contributed by atoms with E-state index < -0.39 is 0 Å². The first-order valence-corrected chi connectivity index (χ1v) is 13.5. The minimum atomic E-state index is -0.0919. The number of aliphatic hydroxyl groups is 1. The molecule has 0 aliphatic carbocycles. The number of nitrogens with one attached hydrogen (secondary N) is 1. The Hall–Kier alpha value is -0.648. The van der Waals surface area contributed by atoms with Crippen molar-refractivity contribution in [3.63, 3.8) is 0 Å². The van der Waals surface area contributed by atoms with E-state index in [1.807, 2.05) is 26.0 Å². The number of phenols is 1. The molecule has 157 valence electrons. The molecule has 5 heteroatoms. The quantitative estimate of drug-likeness (QED) is 0.116. The van der Waals surface area contributed by atoms with Gasteiger partial charge in [0.25, 0.3) is 0 Å². The van der Waals surface area contributed by atoms with Crippen molar-refractivity contribution in [1.29, 1.82) is 0 Å². The molecule has 28 heavy (non-hydrogen) atoms. The van der Waals surface area contributed by atoms with Crippen molar-refractivity contribution in [3.05, 3.63) is 36.4 Å². The predicted octanol–water partition coefficient (Wildman–Crippen LogP) is 5.21. The van der Waals surface area contributed by atoms with Crippen LogP contribution in [0, 0.1) is 12.3 Å². The van der Waals surface area contributed by atoms with E-state index in [1.54, 1.807) is 12.1 Å². The van der Waals surface area contributed by atoms with Gasteiger partial charge in [-0.05, 0) is 42.7 Å². The van der Waals surface area contributed by atoms with Gasteiger partial charge >= 0.3 is 85.0 Å². The summed E-state index contributed by atoms with van der Waals surface area (Å²) < 4.78 is 1.37. The maximum atomic E-state index is 9.24. The molecular weight excluding hydrogens is 562 g/mol. The summed E-state index contributed by atoms with van der Waals surface area (Å²) >= 11 is 5.36. The van der Waals surface area contributed by atoms with Gasteiger partial charge in [-0.1, -0.05) is 20.4 Å². The summed E-state index contributed by atoms with van der Waals surface area (Å²) in [4.78, 5) is 0. The van der Waals surface area contributed by atoms with Crippen molar-refractivity contribution in [2.75, 3.05) is 12.3 Å². The van der Waals surface area contributed by atoms with Crippen molar-refractivity contribution in [3.8, 4) is 18.1 Å². The van der Waals surface area contributed by atoms with E-state index in [0.717, 1.165) is 55.7 Å². The summed E-state index contributed by atoms with van der Waals surface area (Å²) in [5.41, 5.74) is 1.87. The van der Waals surface area contributed by atoms with Crippen molar-refractivity contribution in [2.24, 2.45) is 0 Å². The molecule has 0 fully saturated rings. The molecular formula is C23H38NO2PbS. The topological polar surface area (TPSA) is 52.5 Å². The number of thiol groups is 1. The Morgan fingerprint density at radius 3 is 2.36 bits per heavy atom. The number of hydrogen-bond donors (Lipinski definition) is 4. The molecule has 1 atom stereocenters. The molecule has 0 bridgehead atoms. The van der Waals surface area contributed by atoms with Crippen molar-refractivity contribution >= 4 is 44.1 Å². The second-order valence-electron chi connectivity index (χ2n) is 6.03. The monoisotopic (exact) mass is 600 g/mol. The number of terminal acetylenes is 1. The van der Waals surface area contributed by atoms with Crippen LogP contribution in [0.3, 0.4) is 0 Å². The van der Waals surface area contributed by atoms with Crippen LogP contribution in [0.1, 0.15) is 64.4 Å². The van der Waals surface area contributed by atoms with Crippen LogP contribution >= 0.6 is 12.6 Å². The third-order valence-corrected chi connectivity index (χ3v) is 5.36. The third-order valence-electron chi connectivity index (χ3n) is 3.73. The summed E-state index contributed by atoms with van der Waals surface area (Å²) in [6, 6.07) is 6.99. The van der Waals surface area contributed by atoms with E-state index in [-0.39, 0.29) is 11.9 Å². The average Bonchev–Trinajstić information content (AvgIpc) is 2.71. The zero-order valence-corrected chi connectivity index (χ0v) is 22.4. The second-order valence-corrected chi connectivity index (χ2v) is 8.42. The van der Waals surface area contributed by atoms with Crippen LogP contribution in [0.4, 0.5) is 0 Å². The number of hydrogen-bond acceptors (Lipinski definition) is 4. The zero-order chi connectivity index (χ0) is 21.6.